The van der Waals surface area contributed by atoms with Crippen LogP contribution in [0.3, 0.4) is 0 Å². The first kappa shape index (κ1) is 26.5. The van der Waals surface area contributed by atoms with Crippen molar-refractivity contribution >= 4 is 31.9 Å². The van der Waals surface area contributed by atoms with Crippen LogP contribution in [0.15, 0.2) is 104 Å². The quantitative estimate of drug-likeness (QED) is 0.311. The highest BCUT2D eigenvalue weighted by atomic mass is 32.2. The molecule has 8 nitrogen and oxygen atoms in total. The van der Waals surface area contributed by atoms with Gasteiger partial charge < -0.3 is 4.42 Å². The van der Waals surface area contributed by atoms with Crippen molar-refractivity contribution in [2.75, 3.05) is 0 Å². The molecule has 37 heavy (non-hydrogen) atoms. The molecule has 192 valence electrons. The summed E-state index contributed by atoms with van der Waals surface area (Å²) in [6.45, 7) is 4.09. The number of aryl methyl sites for hydroxylation is 2. The SMILES string of the molecule is Cc1ccc(CN(Cc2ccc(C=Nc3ccc(S(N)(=O)=O)cc3)o2)S(=O)(=O)c2ccc(C)cc2)cc1. The predicted octanol–water partition coefficient (Wildman–Crippen LogP) is 4.69. The minimum atomic E-state index is -3.81. The van der Waals surface area contributed by atoms with E-state index in [0.717, 1.165) is 16.7 Å². The third kappa shape index (κ3) is 6.80. The Kier molecular flexibility index (Phi) is 7.74. The van der Waals surface area contributed by atoms with Crippen LogP contribution in [0, 0.1) is 13.8 Å². The Morgan fingerprint density at radius 3 is 1.92 bits per heavy atom. The van der Waals surface area contributed by atoms with E-state index >= 15 is 0 Å². The van der Waals surface area contributed by atoms with Crippen LogP contribution in [-0.2, 0) is 33.1 Å². The third-order valence-electron chi connectivity index (χ3n) is 5.66. The highest BCUT2D eigenvalue weighted by molar-refractivity contribution is 7.89. The molecule has 1 heterocycles. The zero-order valence-corrected chi connectivity index (χ0v) is 22.0. The monoisotopic (exact) mass is 537 g/mol. The van der Waals surface area contributed by atoms with Crippen LogP contribution in [-0.4, -0.2) is 27.4 Å². The van der Waals surface area contributed by atoms with Crippen LogP contribution in [0.25, 0.3) is 0 Å². The lowest BCUT2D eigenvalue weighted by atomic mass is 10.1. The number of rotatable bonds is 9. The Labute approximate surface area is 217 Å². The van der Waals surface area contributed by atoms with Gasteiger partial charge in [-0.25, -0.2) is 22.0 Å². The van der Waals surface area contributed by atoms with E-state index in [9.17, 15) is 16.8 Å². The second kappa shape index (κ2) is 10.8. The molecule has 3 aromatic carbocycles. The summed E-state index contributed by atoms with van der Waals surface area (Å²) in [5.41, 5.74) is 3.43. The molecular weight excluding hydrogens is 510 g/mol. The molecule has 0 aliphatic rings. The maximum absolute atomic E-state index is 13.5. The lowest BCUT2D eigenvalue weighted by molar-refractivity contribution is 0.357. The molecule has 0 saturated heterocycles. The van der Waals surface area contributed by atoms with E-state index in [-0.39, 0.29) is 22.9 Å². The molecule has 0 aliphatic heterocycles. The zero-order valence-electron chi connectivity index (χ0n) is 20.4. The van der Waals surface area contributed by atoms with E-state index < -0.39 is 20.0 Å². The van der Waals surface area contributed by atoms with Gasteiger partial charge in [0.25, 0.3) is 0 Å². The Balaban J connectivity index is 1.56. The van der Waals surface area contributed by atoms with Crippen LogP contribution < -0.4 is 5.14 Å². The van der Waals surface area contributed by atoms with Crippen molar-refractivity contribution in [2.45, 2.75) is 36.7 Å². The fourth-order valence-electron chi connectivity index (χ4n) is 3.57. The summed E-state index contributed by atoms with van der Waals surface area (Å²) in [6, 6.07) is 23.7. The van der Waals surface area contributed by atoms with E-state index in [0.29, 0.717) is 17.2 Å². The third-order valence-corrected chi connectivity index (χ3v) is 8.39. The molecule has 0 radical (unpaired) electrons. The number of nitrogens with two attached hydrogens (primary N) is 1. The van der Waals surface area contributed by atoms with Gasteiger partial charge in [-0.3, -0.25) is 4.99 Å². The van der Waals surface area contributed by atoms with Gasteiger partial charge in [0, 0.05) is 6.54 Å². The first-order chi connectivity index (χ1) is 17.5. The van der Waals surface area contributed by atoms with E-state index in [1.54, 1.807) is 36.4 Å². The first-order valence-corrected chi connectivity index (χ1v) is 14.4. The first-order valence-electron chi connectivity index (χ1n) is 11.4. The van der Waals surface area contributed by atoms with E-state index in [4.69, 9.17) is 9.56 Å². The largest absolute Gasteiger partial charge is 0.459 e. The Hall–Kier alpha value is -3.57. The summed E-state index contributed by atoms with van der Waals surface area (Å²) in [7, 11) is -7.58. The molecule has 4 aromatic rings. The average molecular weight is 538 g/mol. The highest BCUT2D eigenvalue weighted by Gasteiger charge is 2.26. The van der Waals surface area contributed by atoms with Gasteiger partial charge in [-0.2, -0.15) is 4.31 Å². The Bertz CT molecular complexity index is 1610. The number of hydrogen-bond acceptors (Lipinski definition) is 6. The lowest BCUT2D eigenvalue weighted by Gasteiger charge is -2.21. The lowest BCUT2D eigenvalue weighted by Crippen LogP contribution is -2.30. The molecule has 0 unspecified atom stereocenters. The zero-order chi connectivity index (χ0) is 26.6. The summed E-state index contributed by atoms with van der Waals surface area (Å²) in [5, 5.41) is 5.12. The van der Waals surface area contributed by atoms with Crippen molar-refractivity contribution in [3.05, 3.63) is 113 Å². The molecular formula is C27H27N3O5S2. The van der Waals surface area contributed by atoms with Gasteiger partial charge in [-0.1, -0.05) is 47.5 Å². The number of benzene rings is 3. The molecule has 10 heteroatoms. The molecule has 0 atom stereocenters. The van der Waals surface area contributed by atoms with Gasteiger partial charge in [0.1, 0.15) is 11.5 Å². The molecule has 0 amide bonds. The molecule has 0 aliphatic carbocycles. The summed E-state index contributed by atoms with van der Waals surface area (Å²) < 4.78 is 57.1. The van der Waals surface area contributed by atoms with Crippen molar-refractivity contribution < 1.29 is 21.3 Å². The van der Waals surface area contributed by atoms with Crippen molar-refractivity contribution in [1.82, 2.24) is 4.31 Å². The minimum absolute atomic E-state index is 0.00445. The second-order valence-corrected chi connectivity index (χ2v) is 12.2. The van der Waals surface area contributed by atoms with Crippen molar-refractivity contribution in [1.29, 1.82) is 0 Å². The number of nitrogens with zero attached hydrogens (tertiary/aromatic N) is 2. The highest BCUT2D eigenvalue weighted by Crippen LogP contribution is 2.23. The Morgan fingerprint density at radius 1 is 0.757 bits per heavy atom. The van der Waals surface area contributed by atoms with Crippen LogP contribution in [0.1, 0.15) is 28.2 Å². The van der Waals surface area contributed by atoms with Gasteiger partial charge in [-0.05, 0) is 67.9 Å². The van der Waals surface area contributed by atoms with Crippen LogP contribution in [0.2, 0.25) is 0 Å². The molecule has 0 spiro atoms. The van der Waals surface area contributed by atoms with Gasteiger partial charge in [0.05, 0.1) is 28.2 Å². The van der Waals surface area contributed by atoms with E-state index in [2.05, 4.69) is 4.99 Å². The normalized spacial score (nSPS) is 12.4. The van der Waals surface area contributed by atoms with Crippen molar-refractivity contribution in [2.24, 2.45) is 10.1 Å². The van der Waals surface area contributed by atoms with Gasteiger partial charge in [0.2, 0.25) is 20.0 Å². The predicted molar refractivity (Wildman–Crippen MR) is 143 cm³/mol. The average Bonchev–Trinajstić information content (AvgIpc) is 3.31. The molecule has 0 fully saturated rings. The van der Waals surface area contributed by atoms with E-state index in [1.807, 2.05) is 38.1 Å². The van der Waals surface area contributed by atoms with Gasteiger partial charge >= 0.3 is 0 Å². The fourth-order valence-corrected chi connectivity index (χ4v) is 5.47. The summed E-state index contributed by atoms with van der Waals surface area (Å²) in [4.78, 5) is 4.49. The second-order valence-electron chi connectivity index (χ2n) is 8.67. The number of primary sulfonamides is 1. The fraction of sp³-hybridized carbons (Fsp3) is 0.148. The molecule has 2 N–H and O–H groups in total. The maximum Gasteiger partial charge on any atom is 0.243 e. The standard InChI is InChI=1S/C27H27N3O5S2/c1-20-3-7-22(8-4-20)18-30(37(33,34)27-13-5-21(2)6-14-27)19-25-12-11-24(35-25)17-29-23-9-15-26(16-10-23)36(28,31)32/h3-17H,18-19H2,1-2H3,(H2,28,31,32). The Morgan fingerprint density at radius 2 is 1.32 bits per heavy atom. The number of sulfonamides is 2. The topological polar surface area (TPSA) is 123 Å². The van der Waals surface area contributed by atoms with Crippen LogP contribution >= 0.6 is 0 Å². The van der Waals surface area contributed by atoms with Gasteiger partial charge in [-0.15, -0.1) is 0 Å². The smallest absolute Gasteiger partial charge is 0.243 e. The molecule has 0 saturated carbocycles. The number of aliphatic imine (C=N–C) groups is 1. The summed E-state index contributed by atoms with van der Waals surface area (Å²) in [6.07, 6.45) is 1.48. The summed E-state index contributed by atoms with van der Waals surface area (Å²) in [5.74, 6) is 0.877. The maximum atomic E-state index is 13.5. The van der Waals surface area contributed by atoms with Crippen molar-refractivity contribution in [3.63, 3.8) is 0 Å². The number of hydrogen-bond donors (Lipinski definition) is 1. The van der Waals surface area contributed by atoms with Crippen LogP contribution in [0.5, 0.6) is 0 Å². The summed E-state index contributed by atoms with van der Waals surface area (Å²) >= 11 is 0. The van der Waals surface area contributed by atoms with E-state index in [1.165, 1.54) is 34.8 Å². The minimum Gasteiger partial charge on any atom is -0.459 e. The molecule has 0 bridgehead atoms. The number of furan rings is 1. The van der Waals surface area contributed by atoms with Crippen LogP contribution in [0.4, 0.5) is 5.69 Å². The van der Waals surface area contributed by atoms with Crippen molar-refractivity contribution in [3.8, 4) is 0 Å². The molecule has 1 aromatic heterocycles. The molecule has 4 rings (SSSR count). The van der Waals surface area contributed by atoms with Gasteiger partial charge in [0.15, 0.2) is 0 Å².